The highest BCUT2D eigenvalue weighted by molar-refractivity contribution is 5.76. The molecular formula is C48H97NO3. The molecule has 4 heteroatoms. The Bertz CT molecular complexity index is 670. The van der Waals surface area contributed by atoms with Gasteiger partial charge in [0.15, 0.2) is 0 Å². The van der Waals surface area contributed by atoms with Crippen LogP contribution < -0.4 is 5.32 Å². The monoisotopic (exact) mass is 736 g/mol. The Balaban J connectivity index is 3.44. The SMILES string of the molecule is CCCCCCCCCCCCCCCCCCCCCCC(=O)NC(CO)C(O)CCCCCCCCCCCCCCCCCCCCCC. The van der Waals surface area contributed by atoms with Gasteiger partial charge in [0, 0.05) is 6.42 Å². The van der Waals surface area contributed by atoms with E-state index in [0.29, 0.717) is 12.8 Å². The maximum absolute atomic E-state index is 12.4. The molecule has 0 rings (SSSR count). The van der Waals surface area contributed by atoms with Gasteiger partial charge in [0.05, 0.1) is 18.8 Å². The van der Waals surface area contributed by atoms with Crippen molar-refractivity contribution < 1.29 is 15.0 Å². The van der Waals surface area contributed by atoms with Gasteiger partial charge in [-0.3, -0.25) is 4.79 Å². The molecular weight excluding hydrogens is 639 g/mol. The van der Waals surface area contributed by atoms with Crippen LogP contribution in [0.4, 0.5) is 0 Å². The molecule has 0 heterocycles. The molecule has 0 aromatic carbocycles. The van der Waals surface area contributed by atoms with Gasteiger partial charge in [0.2, 0.25) is 5.91 Å². The summed E-state index contributed by atoms with van der Waals surface area (Å²) in [6.45, 7) is 4.39. The maximum Gasteiger partial charge on any atom is 0.220 e. The molecule has 0 aliphatic rings. The van der Waals surface area contributed by atoms with Crippen molar-refractivity contribution in [1.82, 2.24) is 5.32 Å². The highest BCUT2D eigenvalue weighted by atomic mass is 16.3. The van der Waals surface area contributed by atoms with Crippen molar-refractivity contribution in [2.75, 3.05) is 6.61 Å². The van der Waals surface area contributed by atoms with E-state index in [9.17, 15) is 15.0 Å². The van der Waals surface area contributed by atoms with Gasteiger partial charge in [-0.15, -0.1) is 0 Å². The van der Waals surface area contributed by atoms with E-state index < -0.39 is 12.1 Å². The third kappa shape index (κ3) is 40.6. The predicted octanol–water partition coefficient (Wildman–Crippen LogP) is 15.2. The molecule has 4 nitrogen and oxygen atoms in total. The molecule has 2 unspecified atom stereocenters. The molecule has 0 saturated heterocycles. The van der Waals surface area contributed by atoms with Crippen molar-refractivity contribution in [2.45, 2.75) is 296 Å². The number of aliphatic hydroxyl groups is 2. The van der Waals surface area contributed by atoms with Crippen LogP contribution in [0.3, 0.4) is 0 Å². The van der Waals surface area contributed by atoms with Crippen LogP contribution in [-0.4, -0.2) is 34.9 Å². The minimum absolute atomic E-state index is 0.0241. The maximum atomic E-state index is 12.4. The number of hydrogen-bond acceptors (Lipinski definition) is 3. The number of aliphatic hydroxyl groups excluding tert-OH is 2. The number of hydrogen-bond donors (Lipinski definition) is 3. The van der Waals surface area contributed by atoms with Crippen molar-refractivity contribution >= 4 is 5.91 Å². The molecule has 312 valence electrons. The Hall–Kier alpha value is -0.610. The predicted molar refractivity (Wildman–Crippen MR) is 230 cm³/mol. The van der Waals surface area contributed by atoms with Gasteiger partial charge < -0.3 is 15.5 Å². The molecule has 0 aliphatic heterocycles. The topological polar surface area (TPSA) is 69.6 Å². The van der Waals surface area contributed by atoms with E-state index in [-0.39, 0.29) is 12.5 Å². The summed E-state index contributed by atoms with van der Waals surface area (Å²) >= 11 is 0. The van der Waals surface area contributed by atoms with Gasteiger partial charge >= 0.3 is 0 Å². The fourth-order valence-electron chi connectivity index (χ4n) is 7.89. The van der Waals surface area contributed by atoms with Crippen LogP contribution >= 0.6 is 0 Å². The van der Waals surface area contributed by atoms with Gasteiger partial charge in [-0.25, -0.2) is 0 Å². The average molecular weight is 736 g/mol. The van der Waals surface area contributed by atoms with Crippen molar-refractivity contribution in [3.8, 4) is 0 Å². The van der Waals surface area contributed by atoms with Gasteiger partial charge in [0.25, 0.3) is 0 Å². The first-order chi connectivity index (χ1) is 25.7. The lowest BCUT2D eigenvalue weighted by atomic mass is 10.0. The second-order valence-electron chi connectivity index (χ2n) is 16.9. The largest absolute Gasteiger partial charge is 0.394 e. The lowest BCUT2D eigenvalue weighted by Crippen LogP contribution is -2.45. The molecule has 2 atom stereocenters. The Morgan fingerprint density at radius 2 is 0.615 bits per heavy atom. The molecule has 52 heavy (non-hydrogen) atoms. The lowest BCUT2D eigenvalue weighted by molar-refractivity contribution is -0.123. The molecule has 1 amide bonds. The first-order valence-electron chi connectivity index (χ1n) is 24.2. The van der Waals surface area contributed by atoms with E-state index in [1.165, 1.54) is 231 Å². The van der Waals surface area contributed by atoms with Crippen molar-refractivity contribution in [3.05, 3.63) is 0 Å². The zero-order valence-corrected chi connectivity index (χ0v) is 35.9. The smallest absolute Gasteiger partial charge is 0.220 e. The quantitative estimate of drug-likeness (QED) is 0.0545. The molecule has 0 saturated carbocycles. The van der Waals surface area contributed by atoms with Crippen LogP contribution in [0.2, 0.25) is 0 Å². The summed E-state index contributed by atoms with van der Waals surface area (Å²) in [5, 5.41) is 23.3. The van der Waals surface area contributed by atoms with Crippen molar-refractivity contribution in [3.63, 3.8) is 0 Å². The number of unbranched alkanes of at least 4 members (excludes halogenated alkanes) is 38. The molecule has 0 radical (unpaired) electrons. The van der Waals surface area contributed by atoms with Gasteiger partial charge in [-0.05, 0) is 12.8 Å². The molecule has 3 N–H and O–H groups in total. The summed E-state index contributed by atoms with van der Waals surface area (Å²) in [4.78, 5) is 12.4. The van der Waals surface area contributed by atoms with Crippen molar-refractivity contribution in [1.29, 1.82) is 0 Å². The Kier molecular flexibility index (Phi) is 44.3. The fourth-order valence-corrected chi connectivity index (χ4v) is 7.89. The zero-order valence-electron chi connectivity index (χ0n) is 35.9. The van der Waals surface area contributed by atoms with Crippen LogP contribution in [0.15, 0.2) is 0 Å². The number of carbonyl (C=O) groups excluding carboxylic acids is 1. The molecule has 0 fully saturated rings. The first-order valence-corrected chi connectivity index (χ1v) is 24.2. The van der Waals surface area contributed by atoms with E-state index in [2.05, 4.69) is 19.2 Å². The fraction of sp³-hybridized carbons (Fsp3) is 0.979. The normalized spacial score (nSPS) is 12.8. The van der Waals surface area contributed by atoms with E-state index >= 15 is 0 Å². The standard InChI is InChI=1S/C48H97NO3/c1-3-5-7-9-11-13-15-17-19-21-23-25-27-29-31-33-35-37-39-41-43-47(51)46(45-50)49-48(52)44-42-40-38-36-34-32-30-28-26-24-22-20-18-16-14-12-10-8-6-4-2/h46-47,50-51H,3-45H2,1-2H3,(H,49,52). The second-order valence-corrected chi connectivity index (χ2v) is 16.9. The second kappa shape index (κ2) is 44.8. The van der Waals surface area contributed by atoms with Crippen molar-refractivity contribution in [2.24, 2.45) is 0 Å². The number of nitrogens with one attached hydrogen (secondary N) is 1. The Morgan fingerprint density at radius 1 is 0.385 bits per heavy atom. The zero-order chi connectivity index (χ0) is 37.8. The highest BCUT2D eigenvalue weighted by Gasteiger charge is 2.20. The van der Waals surface area contributed by atoms with Crippen LogP contribution in [0.25, 0.3) is 0 Å². The molecule has 0 spiro atoms. The highest BCUT2D eigenvalue weighted by Crippen LogP contribution is 2.17. The third-order valence-electron chi connectivity index (χ3n) is 11.6. The summed E-state index contributed by atoms with van der Waals surface area (Å²) in [5.74, 6) is -0.0241. The van der Waals surface area contributed by atoms with Gasteiger partial charge in [0.1, 0.15) is 0 Å². The molecule has 0 aliphatic carbocycles. The van der Waals surface area contributed by atoms with Crippen LogP contribution in [-0.2, 0) is 4.79 Å². The van der Waals surface area contributed by atoms with E-state index in [0.717, 1.165) is 25.7 Å². The Morgan fingerprint density at radius 3 is 0.865 bits per heavy atom. The number of carbonyl (C=O) groups is 1. The molecule has 0 bridgehead atoms. The van der Waals surface area contributed by atoms with E-state index in [4.69, 9.17) is 0 Å². The van der Waals surface area contributed by atoms with Crippen LogP contribution in [0, 0.1) is 0 Å². The third-order valence-corrected chi connectivity index (χ3v) is 11.6. The Labute approximate surface area is 327 Å². The number of rotatable bonds is 45. The summed E-state index contributed by atoms with van der Waals surface area (Å²) in [7, 11) is 0. The minimum atomic E-state index is -0.653. The van der Waals surface area contributed by atoms with E-state index in [1.807, 2.05) is 0 Å². The van der Waals surface area contributed by atoms with Gasteiger partial charge in [-0.1, -0.05) is 264 Å². The summed E-state index contributed by atoms with van der Waals surface area (Å²) in [6, 6.07) is -0.530. The van der Waals surface area contributed by atoms with Gasteiger partial charge in [-0.2, -0.15) is 0 Å². The van der Waals surface area contributed by atoms with Crippen LogP contribution in [0.5, 0.6) is 0 Å². The first kappa shape index (κ1) is 51.4. The summed E-state index contributed by atoms with van der Waals surface area (Å²) in [5.41, 5.74) is 0. The van der Waals surface area contributed by atoms with Crippen LogP contribution in [0.1, 0.15) is 284 Å². The summed E-state index contributed by atoms with van der Waals surface area (Å²) < 4.78 is 0. The average Bonchev–Trinajstić information content (AvgIpc) is 3.15. The molecule has 0 aromatic rings. The number of amides is 1. The van der Waals surface area contributed by atoms with E-state index in [1.54, 1.807) is 0 Å². The lowest BCUT2D eigenvalue weighted by Gasteiger charge is -2.22. The molecule has 0 aromatic heterocycles. The summed E-state index contributed by atoms with van der Waals surface area (Å²) in [6.07, 6.45) is 54.8. The minimum Gasteiger partial charge on any atom is -0.394 e.